The van der Waals surface area contributed by atoms with Crippen molar-refractivity contribution in [2.75, 3.05) is 6.54 Å². The van der Waals surface area contributed by atoms with Gasteiger partial charge in [-0.25, -0.2) is 13.1 Å². The second-order valence-corrected chi connectivity index (χ2v) is 6.11. The zero-order valence-corrected chi connectivity index (χ0v) is 12.3. The molecular weight excluding hydrogens is 280 g/mol. The van der Waals surface area contributed by atoms with Gasteiger partial charge in [-0.1, -0.05) is 6.92 Å². The fourth-order valence-corrected chi connectivity index (χ4v) is 2.99. The van der Waals surface area contributed by atoms with E-state index in [-0.39, 0.29) is 11.4 Å². The van der Waals surface area contributed by atoms with Gasteiger partial charge in [0.05, 0.1) is 19.1 Å². The van der Waals surface area contributed by atoms with Crippen LogP contribution < -0.4 is 10.0 Å². The predicted octanol–water partition coefficient (Wildman–Crippen LogP) is 1.77. The van der Waals surface area contributed by atoms with Crippen molar-refractivity contribution in [2.45, 2.75) is 31.8 Å². The van der Waals surface area contributed by atoms with Crippen molar-refractivity contribution in [3.63, 3.8) is 0 Å². The van der Waals surface area contributed by atoms with Gasteiger partial charge < -0.3 is 14.2 Å². The molecule has 0 aliphatic heterocycles. The number of rotatable bonds is 7. The maximum absolute atomic E-state index is 12.2. The first-order valence-corrected chi connectivity index (χ1v) is 7.82. The first-order chi connectivity index (χ1) is 9.53. The van der Waals surface area contributed by atoms with Crippen LogP contribution in [0.25, 0.3) is 0 Å². The molecule has 0 amide bonds. The minimum Gasteiger partial charge on any atom is -0.472 e. The SMILES string of the molecule is CCNCc1cc(S(=O)(=O)NCc2ccoc2)c(C)o1. The molecule has 0 atom stereocenters. The Bertz CT molecular complexity index is 644. The average molecular weight is 298 g/mol. The molecule has 0 radical (unpaired) electrons. The van der Waals surface area contributed by atoms with Crippen molar-refractivity contribution in [3.8, 4) is 0 Å². The van der Waals surface area contributed by atoms with Crippen molar-refractivity contribution >= 4 is 10.0 Å². The summed E-state index contributed by atoms with van der Waals surface area (Å²) >= 11 is 0. The smallest absolute Gasteiger partial charge is 0.244 e. The van der Waals surface area contributed by atoms with Gasteiger partial charge >= 0.3 is 0 Å². The second-order valence-electron chi connectivity index (χ2n) is 4.37. The fourth-order valence-electron chi connectivity index (χ4n) is 1.78. The van der Waals surface area contributed by atoms with Gasteiger partial charge in [-0.3, -0.25) is 0 Å². The molecule has 2 aromatic heterocycles. The molecule has 0 bridgehead atoms. The van der Waals surface area contributed by atoms with E-state index in [0.29, 0.717) is 18.1 Å². The summed E-state index contributed by atoms with van der Waals surface area (Å²) in [4.78, 5) is 0.175. The largest absolute Gasteiger partial charge is 0.472 e. The summed E-state index contributed by atoms with van der Waals surface area (Å²) in [6.45, 7) is 5.10. The van der Waals surface area contributed by atoms with Gasteiger partial charge in [0, 0.05) is 18.2 Å². The lowest BCUT2D eigenvalue weighted by Crippen LogP contribution is -2.23. The number of hydrogen-bond donors (Lipinski definition) is 2. The van der Waals surface area contributed by atoms with Crippen LogP contribution in [0.4, 0.5) is 0 Å². The quantitative estimate of drug-likeness (QED) is 0.814. The summed E-state index contributed by atoms with van der Waals surface area (Å²) in [5, 5.41) is 3.09. The zero-order valence-electron chi connectivity index (χ0n) is 11.5. The highest BCUT2D eigenvalue weighted by molar-refractivity contribution is 7.89. The molecule has 110 valence electrons. The van der Waals surface area contributed by atoms with E-state index < -0.39 is 10.0 Å². The van der Waals surface area contributed by atoms with Gasteiger partial charge in [-0.2, -0.15) is 0 Å². The minimum atomic E-state index is -3.58. The highest BCUT2D eigenvalue weighted by atomic mass is 32.2. The predicted molar refractivity (Wildman–Crippen MR) is 73.6 cm³/mol. The van der Waals surface area contributed by atoms with E-state index in [9.17, 15) is 8.42 Å². The summed E-state index contributed by atoms with van der Waals surface area (Å²) in [5.41, 5.74) is 0.766. The van der Waals surface area contributed by atoms with Crippen molar-refractivity contribution < 1.29 is 17.3 Å². The molecule has 20 heavy (non-hydrogen) atoms. The highest BCUT2D eigenvalue weighted by Crippen LogP contribution is 2.20. The zero-order chi connectivity index (χ0) is 14.6. The van der Waals surface area contributed by atoms with Crippen LogP contribution in [0.15, 0.2) is 38.4 Å². The van der Waals surface area contributed by atoms with E-state index in [1.54, 1.807) is 19.1 Å². The Morgan fingerprint density at radius 3 is 2.75 bits per heavy atom. The number of sulfonamides is 1. The monoisotopic (exact) mass is 298 g/mol. The summed E-state index contributed by atoms with van der Waals surface area (Å²) in [5.74, 6) is 0.991. The lowest BCUT2D eigenvalue weighted by Gasteiger charge is -2.03. The van der Waals surface area contributed by atoms with E-state index in [2.05, 4.69) is 10.0 Å². The van der Waals surface area contributed by atoms with E-state index >= 15 is 0 Å². The molecule has 0 saturated carbocycles. The Kier molecular flexibility index (Phi) is 4.64. The number of nitrogens with one attached hydrogen (secondary N) is 2. The first kappa shape index (κ1) is 14.8. The van der Waals surface area contributed by atoms with Crippen LogP contribution in [0, 0.1) is 6.92 Å². The Morgan fingerprint density at radius 1 is 1.30 bits per heavy atom. The fraction of sp³-hybridized carbons (Fsp3) is 0.385. The van der Waals surface area contributed by atoms with E-state index in [1.165, 1.54) is 12.5 Å². The Morgan fingerprint density at radius 2 is 2.10 bits per heavy atom. The Hall–Kier alpha value is -1.57. The lowest BCUT2D eigenvalue weighted by atomic mass is 10.4. The standard InChI is InChI=1S/C13H18N2O4S/c1-3-14-8-12-6-13(10(2)19-12)20(16,17)15-7-11-4-5-18-9-11/h4-6,9,14-15H,3,7-8H2,1-2H3. The molecule has 0 aliphatic carbocycles. The average Bonchev–Trinajstić information content (AvgIpc) is 3.03. The molecule has 0 spiro atoms. The molecule has 0 aliphatic rings. The van der Waals surface area contributed by atoms with Gasteiger partial charge in [0.2, 0.25) is 10.0 Å². The van der Waals surface area contributed by atoms with E-state index in [1.807, 2.05) is 6.92 Å². The van der Waals surface area contributed by atoms with Gasteiger partial charge in [0.1, 0.15) is 16.4 Å². The summed E-state index contributed by atoms with van der Waals surface area (Å²) < 4.78 is 37.3. The van der Waals surface area contributed by atoms with E-state index in [0.717, 1.165) is 12.1 Å². The normalized spacial score (nSPS) is 11.9. The molecule has 0 fully saturated rings. The van der Waals surface area contributed by atoms with Crippen LogP contribution in [0.3, 0.4) is 0 Å². The summed E-state index contributed by atoms with van der Waals surface area (Å²) in [6, 6.07) is 3.26. The second kappa shape index (κ2) is 6.25. The minimum absolute atomic E-state index is 0.175. The van der Waals surface area contributed by atoms with Gasteiger partial charge in [-0.15, -0.1) is 0 Å². The van der Waals surface area contributed by atoms with Gasteiger partial charge in [0.25, 0.3) is 0 Å². The molecule has 2 N–H and O–H groups in total. The van der Waals surface area contributed by atoms with Crippen molar-refractivity contribution in [1.29, 1.82) is 0 Å². The molecule has 2 aromatic rings. The van der Waals surface area contributed by atoms with Crippen LogP contribution in [0.1, 0.15) is 24.0 Å². The molecule has 6 nitrogen and oxygen atoms in total. The summed E-state index contributed by atoms with van der Waals surface area (Å²) in [6.07, 6.45) is 3.00. The molecular formula is C13H18N2O4S. The Balaban J connectivity index is 2.10. The number of aryl methyl sites for hydroxylation is 1. The third-order valence-corrected chi connectivity index (χ3v) is 4.32. The molecule has 2 heterocycles. The molecule has 0 saturated heterocycles. The van der Waals surface area contributed by atoms with Crippen molar-refractivity contribution in [3.05, 3.63) is 41.7 Å². The van der Waals surface area contributed by atoms with Crippen LogP contribution in [0.5, 0.6) is 0 Å². The maximum atomic E-state index is 12.2. The van der Waals surface area contributed by atoms with Crippen molar-refractivity contribution in [1.82, 2.24) is 10.0 Å². The highest BCUT2D eigenvalue weighted by Gasteiger charge is 2.21. The van der Waals surface area contributed by atoms with Gasteiger partial charge in [-0.05, 0) is 19.5 Å². The molecule has 0 aromatic carbocycles. The third kappa shape index (κ3) is 3.50. The van der Waals surface area contributed by atoms with Crippen LogP contribution in [0.2, 0.25) is 0 Å². The maximum Gasteiger partial charge on any atom is 0.244 e. The molecule has 0 unspecified atom stereocenters. The summed E-state index contributed by atoms with van der Waals surface area (Å²) in [7, 11) is -3.58. The molecule has 2 rings (SSSR count). The van der Waals surface area contributed by atoms with Crippen LogP contribution in [-0.2, 0) is 23.1 Å². The van der Waals surface area contributed by atoms with E-state index in [4.69, 9.17) is 8.83 Å². The van der Waals surface area contributed by atoms with Crippen LogP contribution in [-0.4, -0.2) is 15.0 Å². The number of hydrogen-bond acceptors (Lipinski definition) is 5. The third-order valence-electron chi connectivity index (χ3n) is 2.81. The Labute approximate surface area is 118 Å². The van der Waals surface area contributed by atoms with Crippen LogP contribution >= 0.6 is 0 Å². The first-order valence-electron chi connectivity index (χ1n) is 6.33. The number of furan rings is 2. The van der Waals surface area contributed by atoms with Gasteiger partial charge in [0.15, 0.2) is 0 Å². The topological polar surface area (TPSA) is 84.5 Å². The van der Waals surface area contributed by atoms with Crippen molar-refractivity contribution in [2.24, 2.45) is 0 Å². The lowest BCUT2D eigenvalue weighted by molar-refractivity contribution is 0.460. The molecule has 7 heteroatoms.